The van der Waals surface area contributed by atoms with Gasteiger partial charge in [0.05, 0.1) is 47.3 Å². The molecule has 0 bridgehead atoms. The molecular formula is C70H78F12N2O4. The van der Waals surface area contributed by atoms with Gasteiger partial charge in [-0.1, -0.05) is 113 Å². The lowest BCUT2D eigenvalue weighted by Crippen LogP contribution is -2.36. The number of carbonyl (C=O) groups is 2. The SMILES string of the molecule is CCOC(=O)[C@@H](CC(C)C)c1cc(-c2ccc(C(F)(F)F)cc2)cc(C2CCCN(C(C)c3ccc(C(F)(F)F)cc3)C2)c1.CCOC(=O)[C@H](CC(C)C)c1cc(-c2ccc(C(F)(F)F)cc2)cc(C2CCCN(C(C)c3ccc(C(F)(F)F)cc3)C2)c1. The van der Waals surface area contributed by atoms with E-state index in [2.05, 4.69) is 9.80 Å². The van der Waals surface area contributed by atoms with E-state index in [1.54, 1.807) is 13.8 Å². The van der Waals surface area contributed by atoms with Crippen molar-refractivity contribution in [3.8, 4) is 22.3 Å². The van der Waals surface area contributed by atoms with E-state index in [1.807, 2.05) is 77.9 Å². The Kier molecular flexibility index (Phi) is 22.9. The lowest BCUT2D eigenvalue weighted by molar-refractivity contribution is -0.146. The van der Waals surface area contributed by atoms with Crippen LogP contribution in [0.2, 0.25) is 0 Å². The number of piperidine rings is 2. The molecule has 0 N–H and O–H groups in total. The molecule has 6 aromatic rings. The van der Waals surface area contributed by atoms with Crippen LogP contribution in [0.1, 0.15) is 185 Å². The second kappa shape index (κ2) is 29.3. The summed E-state index contributed by atoms with van der Waals surface area (Å²) in [5.74, 6) is -1.25. The third-order valence-electron chi connectivity index (χ3n) is 16.8. The fourth-order valence-corrected chi connectivity index (χ4v) is 12.0. The minimum Gasteiger partial charge on any atom is -0.466 e. The van der Waals surface area contributed by atoms with Gasteiger partial charge in [0.2, 0.25) is 0 Å². The summed E-state index contributed by atoms with van der Waals surface area (Å²) in [6.07, 6.45) is -13.1. The third-order valence-corrected chi connectivity index (χ3v) is 16.8. The van der Waals surface area contributed by atoms with E-state index in [9.17, 15) is 62.3 Å². The van der Waals surface area contributed by atoms with E-state index in [0.717, 1.165) is 132 Å². The van der Waals surface area contributed by atoms with Gasteiger partial charge >= 0.3 is 36.6 Å². The van der Waals surface area contributed by atoms with Crippen molar-refractivity contribution in [2.24, 2.45) is 11.8 Å². The Hall–Kier alpha value is -6.66. The van der Waals surface area contributed by atoms with Crippen molar-refractivity contribution in [1.29, 1.82) is 0 Å². The highest BCUT2D eigenvalue weighted by Crippen LogP contribution is 2.42. The molecule has 6 aromatic carbocycles. The van der Waals surface area contributed by atoms with E-state index in [4.69, 9.17) is 9.47 Å². The summed E-state index contributed by atoms with van der Waals surface area (Å²) < 4.78 is 169. The molecule has 0 aromatic heterocycles. The van der Waals surface area contributed by atoms with Gasteiger partial charge in [0.15, 0.2) is 0 Å². The second-order valence-electron chi connectivity index (χ2n) is 24.1. The fourth-order valence-electron chi connectivity index (χ4n) is 12.0. The normalized spacial score (nSPS) is 17.8. The Bertz CT molecular complexity index is 3010. The molecule has 2 saturated heterocycles. The summed E-state index contributed by atoms with van der Waals surface area (Å²) >= 11 is 0. The molecule has 4 unspecified atom stereocenters. The number of nitrogens with zero attached hydrogens (tertiary/aromatic N) is 2. The monoisotopic (exact) mass is 1240 g/mol. The highest BCUT2D eigenvalue weighted by Gasteiger charge is 2.36. The number of hydrogen-bond donors (Lipinski definition) is 0. The Balaban J connectivity index is 0.000000251. The molecule has 2 aliphatic rings. The number of carbonyl (C=O) groups excluding carboxylic acids is 2. The predicted octanol–water partition coefficient (Wildman–Crippen LogP) is 20.0. The van der Waals surface area contributed by atoms with Crippen LogP contribution in [0.25, 0.3) is 22.3 Å². The van der Waals surface area contributed by atoms with Gasteiger partial charge < -0.3 is 9.47 Å². The summed E-state index contributed by atoms with van der Waals surface area (Å²) in [6.45, 7) is 18.9. The zero-order chi connectivity index (χ0) is 64.5. The van der Waals surface area contributed by atoms with Crippen LogP contribution in [0.15, 0.2) is 133 Å². The summed E-state index contributed by atoms with van der Waals surface area (Å²) in [5, 5.41) is 0. The first-order valence-electron chi connectivity index (χ1n) is 30.1. The number of ether oxygens (including phenoxy) is 2. The first kappa shape index (κ1) is 68.8. The quantitative estimate of drug-likeness (QED) is 0.0631. The van der Waals surface area contributed by atoms with E-state index in [0.29, 0.717) is 37.1 Å². The van der Waals surface area contributed by atoms with Crippen LogP contribution in [0.5, 0.6) is 0 Å². The molecule has 6 atom stereocenters. The van der Waals surface area contributed by atoms with Crippen molar-refractivity contribution in [1.82, 2.24) is 9.80 Å². The van der Waals surface area contributed by atoms with Crippen molar-refractivity contribution in [3.05, 3.63) is 189 Å². The van der Waals surface area contributed by atoms with Crippen molar-refractivity contribution >= 4 is 11.9 Å². The molecule has 8 rings (SSSR count). The average molecular weight is 1240 g/mol. The zero-order valence-electron chi connectivity index (χ0n) is 50.9. The number of esters is 2. The Morgan fingerprint density at radius 1 is 0.420 bits per heavy atom. The van der Waals surface area contributed by atoms with Gasteiger partial charge in [-0.2, -0.15) is 52.7 Å². The molecule has 0 amide bonds. The lowest BCUT2D eigenvalue weighted by atomic mass is 9.82. The third kappa shape index (κ3) is 18.3. The molecule has 476 valence electrons. The minimum absolute atomic E-state index is 0.0516. The van der Waals surface area contributed by atoms with Crippen LogP contribution < -0.4 is 0 Å². The average Bonchev–Trinajstić information content (AvgIpc) is 1.95. The fraction of sp³-hybridized carbons (Fsp3) is 0.457. The van der Waals surface area contributed by atoms with Gasteiger partial charge in [-0.15, -0.1) is 0 Å². The maximum Gasteiger partial charge on any atom is 0.416 e. The first-order valence-corrected chi connectivity index (χ1v) is 30.1. The summed E-state index contributed by atoms with van der Waals surface area (Å²) in [7, 11) is 0. The molecule has 18 heteroatoms. The molecular weight excluding hydrogens is 1160 g/mol. The molecule has 0 saturated carbocycles. The van der Waals surface area contributed by atoms with Crippen LogP contribution in [-0.4, -0.2) is 61.1 Å². The van der Waals surface area contributed by atoms with Crippen molar-refractivity contribution in [2.75, 3.05) is 39.4 Å². The maximum absolute atomic E-state index is 13.3. The van der Waals surface area contributed by atoms with Gasteiger partial charge in [0.25, 0.3) is 0 Å². The lowest BCUT2D eigenvalue weighted by Gasteiger charge is -2.37. The van der Waals surface area contributed by atoms with E-state index >= 15 is 0 Å². The minimum atomic E-state index is -4.45. The van der Waals surface area contributed by atoms with Crippen molar-refractivity contribution in [3.63, 3.8) is 0 Å². The number of likely N-dealkylation sites (tertiary alicyclic amines) is 2. The molecule has 0 spiro atoms. The van der Waals surface area contributed by atoms with Gasteiger partial charge in [0.1, 0.15) is 0 Å². The van der Waals surface area contributed by atoms with Crippen LogP contribution in [0.3, 0.4) is 0 Å². The van der Waals surface area contributed by atoms with Gasteiger partial charge in [-0.25, -0.2) is 0 Å². The van der Waals surface area contributed by atoms with E-state index in [1.165, 1.54) is 48.5 Å². The molecule has 2 fully saturated rings. The summed E-state index contributed by atoms with van der Waals surface area (Å²) in [5.41, 5.74) is 4.87. The Labute approximate surface area is 508 Å². The maximum atomic E-state index is 13.3. The molecule has 88 heavy (non-hydrogen) atoms. The summed E-state index contributed by atoms with van der Waals surface area (Å²) in [6, 6.07) is 32.1. The number of rotatable bonds is 18. The number of hydrogen-bond acceptors (Lipinski definition) is 6. The van der Waals surface area contributed by atoms with Crippen LogP contribution >= 0.6 is 0 Å². The molecule has 2 heterocycles. The van der Waals surface area contributed by atoms with Gasteiger partial charge in [-0.3, -0.25) is 19.4 Å². The first-order chi connectivity index (χ1) is 41.3. The molecule has 0 radical (unpaired) electrons. The van der Waals surface area contributed by atoms with Crippen LogP contribution in [0, 0.1) is 11.8 Å². The van der Waals surface area contributed by atoms with Crippen LogP contribution in [0.4, 0.5) is 52.7 Å². The molecule has 6 nitrogen and oxygen atoms in total. The molecule has 2 aliphatic heterocycles. The smallest absolute Gasteiger partial charge is 0.416 e. The topological polar surface area (TPSA) is 59.1 Å². The predicted molar refractivity (Wildman–Crippen MR) is 318 cm³/mol. The largest absolute Gasteiger partial charge is 0.466 e. The summed E-state index contributed by atoms with van der Waals surface area (Å²) in [4.78, 5) is 30.8. The van der Waals surface area contributed by atoms with Crippen LogP contribution in [-0.2, 0) is 43.8 Å². The number of benzene rings is 6. The Morgan fingerprint density at radius 3 is 0.989 bits per heavy atom. The standard InChI is InChI=1S/2C35H39F6NO2/c2*1-5-44-33(43)32(17-22(2)3)29-19-27(25-10-14-31(15-11-25)35(39,40)41)18-28(20-29)26-7-6-16-42(21-26)23(4)24-8-12-30(13-9-24)34(36,37)38/h2*8-15,18-20,22-23,26,32H,5-7,16-17,21H2,1-4H3/t2*23?,26?,32-/m10/s1. The number of halogens is 12. The van der Waals surface area contributed by atoms with E-state index in [-0.39, 0.29) is 60.9 Å². The van der Waals surface area contributed by atoms with E-state index < -0.39 is 58.8 Å². The van der Waals surface area contributed by atoms with Crippen molar-refractivity contribution in [2.45, 2.75) is 154 Å². The van der Waals surface area contributed by atoms with Crippen molar-refractivity contribution < 1.29 is 71.7 Å². The second-order valence-corrected chi connectivity index (χ2v) is 24.1. The Morgan fingerprint density at radius 2 is 0.716 bits per heavy atom. The van der Waals surface area contributed by atoms with Gasteiger partial charge in [0, 0.05) is 25.2 Å². The van der Waals surface area contributed by atoms with Gasteiger partial charge in [-0.05, 0) is 207 Å². The number of alkyl halides is 12. The zero-order valence-corrected chi connectivity index (χ0v) is 50.9. The highest BCUT2D eigenvalue weighted by atomic mass is 19.4. The molecule has 0 aliphatic carbocycles. The highest BCUT2D eigenvalue weighted by molar-refractivity contribution is 5.80.